The third-order valence-corrected chi connectivity index (χ3v) is 7.09. The molecule has 5 heteroatoms. The molecule has 0 aromatic heterocycles. The Hall–Kier alpha value is -2.37. The number of hydrogen-bond donors (Lipinski definition) is 1. The number of rotatable bonds is 5. The molecular formula is C24H28N2O3. The predicted octanol–water partition coefficient (Wildman–Crippen LogP) is 3.17. The maximum Gasteiger partial charge on any atom is 0.230 e. The van der Waals surface area contributed by atoms with Crippen LogP contribution in [-0.2, 0) is 11.3 Å². The van der Waals surface area contributed by atoms with Crippen molar-refractivity contribution in [1.82, 2.24) is 4.90 Å². The maximum absolute atomic E-state index is 13.2. The van der Waals surface area contributed by atoms with Crippen molar-refractivity contribution in [3.63, 3.8) is 0 Å². The van der Waals surface area contributed by atoms with E-state index in [1.54, 1.807) is 7.11 Å². The second-order valence-electron chi connectivity index (χ2n) is 8.46. The molecule has 3 atom stereocenters. The van der Waals surface area contributed by atoms with Crippen LogP contribution in [0.5, 0.6) is 5.75 Å². The minimum Gasteiger partial charge on any atom is -0.496 e. The molecule has 3 aliphatic rings. The number of ether oxygens (including phenoxy) is 1. The number of nitrogens with zero attached hydrogens (tertiary/aromatic N) is 2. The van der Waals surface area contributed by atoms with Gasteiger partial charge in [0.05, 0.1) is 13.7 Å². The largest absolute Gasteiger partial charge is 0.496 e. The van der Waals surface area contributed by atoms with Crippen LogP contribution < -0.4 is 9.64 Å². The van der Waals surface area contributed by atoms with Crippen LogP contribution in [0.4, 0.5) is 5.69 Å². The molecule has 29 heavy (non-hydrogen) atoms. The molecule has 0 bridgehead atoms. The standard InChI is InChI=1S/C24H28N2O3/c1-29-22-12-5-2-7-17(22)13-25-20-14-26(24(28)16-8-6-9-16)19-11-4-3-10-18(19)23(20)21(25)15-27/h2-5,7,10-12,16,20-21,23,27H,6,8-9,13-15H2,1H3/t20-,21+,23+/m0/s1. The molecule has 1 N–H and O–H groups in total. The molecule has 2 aromatic carbocycles. The summed E-state index contributed by atoms with van der Waals surface area (Å²) < 4.78 is 5.54. The molecule has 1 saturated carbocycles. The lowest BCUT2D eigenvalue weighted by atomic mass is 9.71. The van der Waals surface area contributed by atoms with Crippen molar-refractivity contribution < 1.29 is 14.6 Å². The Labute approximate surface area is 171 Å². The van der Waals surface area contributed by atoms with Gasteiger partial charge in [-0.25, -0.2) is 0 Å². The fourth-order valence-corrected chi connectivity index (χ4v) is 5.31. The van der Waals surface area contributed by atoms with E-state index in [-0.39, 0.29) is 36.4 Å². The highest BCUT2D eigenvalue weighted by Gasteiger charge is 2.53. The van der Waals surface area contributed by atoms with Gasteiger partial charge in [0.1, 0.15) is 5.75 Å². The summed E-state index contributed by atoms with van der Waals surface area (Å²) in [5, 5.41) is 10.2. The van der Waals surface area contributed by atoms with Crippen molar-refractivity contribution in [3.05, 3.63) is 59.7 Å². The van der Waals surface area contributed by atoms with Gasteiger partial charge in [-0.1, -0.05) is 42.8 Å². The summed E-state index contributed by atoms with van der Waals surface area (Å²) in [5.41, 5.74) is 3.36. The molecule has 1 aliphatic carbocycles. The topological polar surface area (TPSA) is 53.0 Å². The average Bonchev–Trinajstić information content (AvgIpc) is 2.70. The fourth-order valence-electron chi connectivity index (χ4n) is 5.31. The van der Waals surface area contributed by atoms with Crippen molar-refractivity contribution in [2.45, 2.75) is 43.8 Å². The zero-order chi connectivity index (χ0) is 20.0. The van der Waals surface area contributed by atoms with Crippen LogP contribution >= 0.6 is 0 Å². The molecule has 2 aliphatic heterocycles. The number of benzene rings is 2. The summed E-state index contributed by atoms with van der Waals surface area (Å²) in [4.78, 5) is 17.5. The van der Waals surface area contributed by atoms with Crippen LogP contribution in [0.3, 0.4) is 0 Å². The molecule has 152 valence electrons. The Morgan fingerprint density at radius 1 is 1.14 bits per heavy atom. The highest BCUT2D eigenvalue weighted by molar-refractivity contribution is 5.97. The monoisotopic (exact) mass is 392 g/mol. The van der Waals surface area contributed by atoms with Gasteiger partial charge in [0.2, 0.25) is 5.91 Å². The number of amides is 1. The smallest absolute Gasteiger partial charge is 0.230 e. The van der Waals surface area contributed by atoms with Crippen LogP contribution in [0, 0.1) is 5.92 Å². The Morgan fingerprint density at radius 3 is 2.62 bits per heavy atom. The Balaban J connectivity index is 1.47. The van der Waals surface area contributed by atoms with Crippen molar-refractivity contribution in [2.75, 3.05) is 25.2 Å². The van der Waals surface area contributed by atoms with Crippen molar-refractivity contribution in [3.8, 4) is 5.75 Å². The molecule has 2 fully saturated rings. The van der Waals surface area contributed by atoms with E-state index in [2.05, 4.69) is 23.1 Å². The summed E-state index contributed by atoms with van der Waals surface area (Å²) >= 11 is 0. The number of fused-ring (bicyclic) bond motifs is 3. The summed E-state index contributed by atoms with van der Waals surface area (Å²) in [6.45, 7) is 1.52. The molecule has 1 saturated heterocycles. The third-order valence-electron chi connectivity index (χ3n) is 7.09. The number of hydrogen-bond acceptors (Lipinski definition) is 4. The molecular weight excluding hydrogens is 364 g/mol. The fraction of sp³-hybridized carbons (Fsp3) is 0.458. The van der Waals surface area contributed by atoms with Crippen molar-refractivity contribution in [1.29, 1.82) is 0 Å². The zero-order valence-corrected chi connectivity index (χ0v) is 16.8. The number of aliphatic hydroxyl groups is 1. The van der Waals surface area contributed by atoms with Crippen molar-refractivity contribution in [2.24, 2.45) is 5.92 Å². The van der Waals surface area contributed by atoms with Crippen LogP contribution in [0.15, 0.2) is 48.5 Å². The number of anilines is 1. The first kappa shape index (κ1) is 18.6. The van der Waals surface area contributed by atoms with Crippen molar-refractivity contribution >= 4 is 11.6 Å². The van der Waals surface area contributed by atoms with Gasteiger partial charge < -0.3 is 14.7 Å². The molecule has 0 radical (unpaired) electrons. The van der Waals surface area contributed by atoms with Gasteiger partial charge in [0.15, 0.2) is 0 Å². The van der Waals surface area contributed by atoms with Gasteiger partial charge in [-0.2, -0.15) is 0 Å². The molecule has 5 rings (SSSR count). The molecule has 1 amide bonds. The first-order valence-electron chi connectivity index (χ1n) is 10.6. The normalized spacial score (nSPS) is 26.1. The van der Waals surface area contributed by atoms with E-state index in [0.29, 0.717) is 13.1 Å². The van der Waals surface area contributed by atoms with Crippen LogP contribution in [0.1, 0.15) is 36.3 Å². The van der Waals surface area contributed by atoms with E-state index >= 15 is 0 Å². The lowest BCUT2D eigenvalue weighted by molar-refractivity contribution is -0.126. The van der Waals surface area contributed by atoms with Crippen LogP contribution in [0.25, 0.3) is 0 Å². The van der Waals surface area contributed by atoms with E-state index in [4.69, 9.17) is 4.74 Å². The average molecular weight is 392 g/mol. The van der Waals surface area contributed by atoms with Crippen LogP contribution in [0.2, 0.25) is 0 Å². The Bertz CT molecular complexity index is 911. The second-order valence-corrected chi connectivity index (χ2v) is 8.46. The highest BCUT2D eigenvalue weighted by Crippen LogP contribution is 2.49. The van der Waals surface area contributed by atoms with E-state index in [0.717, 1.165) is 36.3 Å². The van der Waals surface area contributed by atoms with Gasteiger partial charge >= 0.3 is 0 Å². The SMILES string of the molecule is COc1ccccc1CN1[C@H](CO)[C@@H]2c3ccccc3N(C(=O)C3CCC3)C[C@@H]21. The number of aliphatic hydroxyl groups excluding tert-OH is 1. The van der Waals surface area contributed by atoms with E-state index in [1.165, 1.54) is 5.56 Å². The number of likely N-dealkylation sites (tertiary alicyclic amines) is 1. The Morgan fingerprint density at radius 2 is 1.90 bits per heavy atom. The predicted molar refractivity (Wildman–Crippen MR) is 112 cm³/mol. The van der Waals surface area contributed by atoms with Gasteiger partial charge in [0.25, 0.3) is 0 Å². The molecule has 2 heterocycles. The molecule has 0 unspecified atom stereocenters. The van der Waals surface area contributed by atoms with Gasteiger partial charge in [-0.3, -0.25) is 9.69 Å². The lowest BCUT2D eigenvalue weighted by Gasteiger charge is -2.59. The number of methoxy groups -OCH3 is 1. The zero-order valence-electron chi connectivity index (χ0n) is 16.8. The lowest BCUT2D eigenvalue weighted by Crippen LogP contribution is -2.69. The molecule has 2 aromatic rings. The molecule has 0 spiro atoms. The van der Waals surface area contributed by atoms with Crippen LogP contribution in [-0.4, -0.2) is 48.3 Å². The number of carbonyl (C=O) groups excluding carboxylic acids is 1. The third kappa shape index (κ3) is 2.95. The summed E-state index contributed by atoms with van der Waals surface area (Å²) in [5.74, 6) is 1.57. The van der Waals surface area contributed by atoms with E-state index in [1.807, 2.05) is 35.2 Å². The van der Waals surface area contributed by atoms with Gasteiger partial charge in [-0.05, 0) is 30.5 Å². The number of para-hydroxylation sites is 2. The summed E-state index contributed by atoms with van der Waals surface area (Å²) in [6.07, 6.45) is 3.18. The second kappa shape index (κ2) is 7.47. The Kier molecular flexibility index (Phi) is 4.80. The van der Waals surface area contributed by atoms with Gasteiger partial charge in [0, 0.05) is 48.3 Å². The first-order valence-corrected chi connectivity index (χ1v) is 10.6. The van der Waals surface area contributed by atoms with E-state index < -0.39 is 0 Å². The number of carbonyl (C=O) groups is 1. The summed E-state index contributed by atoms with van der Waals surface area (Å²) in [7, 11) is 1.69. The van der Waals surface area contributed by atoms with Gasteiger partial charge in [-0.15, -0.1) is 0 Å². The minimum absolute atomic E-state index is 0.0621. The highest BCUT2D eigenvalue weighted by atomic mass is 16.5. The minimum atomic E-state index is 0.0621. The first-order chi connectivity index (χ1) is 14.2. The summed E-state index contributed by atoms with van der Waals surface area (Å²) in [6, 6.07) is 16.6. The van der Waals surface area contributed by atoms with E-state index in [9.17, 15) is 9.90 Å². The molecule has 5 nitrogen and oxygen atoms in total. The quantitative estimate of drug-likeness (QED) is 0.849. The maximum atomic E-state index is 13.2.